The lowest BCUT2D eigenvalue weighted by molar-refractivity contribution is -0.147. The van der Waals surface area contributed by atoms with Gasteiger partial charge in [0, 0.05) is 0 Å². The number of phenols is 1. The molecule has 0 aliphatic heterocycles. The fourth-order valence-electron chi connectivity index (χ4n) is 3.64. The van der Waals surface area contributed by atoms with Crippen LogP contribution in [0.4, 0.5) is 0 Å². The molecule has 28 heavy (non-hydrogen) atoms. The van der Waals surface area contributed by atoms with Crippen molar-refractivity contribution in [3.8, 4) is 5.75 Å². The third-order valence-corrected chi connectivity index (χ3v) is 5.96. The highest BCUT2D eigenvalue weighted by atomic mass is 16.5. The van der Waals surface area contributed by atoms with E-state index in [9.17, 15) is 14.7 Å². The quantitative estimate of drug-likeness (QED) is 0.344. The third kappa shape index (κ3) is 6.54. The van der Waals surface area contributed by atoms with Gasteiger partial charge in [0.1, 0.15) is 11.4 Å². The van der Waals surface area contributed by atoms with Crippen molar-refractivity contribution in [3.05, 3.63) is 29.3 Å². The fourth-order valence-corrected chi connectivity index (χ4v) is 3.64. The number of hydrogen-bond acceptors (Lipinski definition) is 4. The van der Waals surface area contributed by atoms with E-state index in [1.54, 1.807) is 13.8 Å². The van der Waals surface area contributed by atoms with Crippen LogP contribution in [0.25, 0.3) is 0 Å². The van der Waals surface area contributed by atoms with E-state index in [-0.39, 0.29) is 5.60 Å². The zero-order valence-corrected chi connectivity index (χ0v) is 17.2. The lowest BCUT2D eigenvalue weighted by Gasteiger charge is -2.18. The van der Waals surface area contributed by atoms with Crippen LogP contribution >= 0.6 is 0 Å². The molecule has 0 saturated heterocycles. The summed E-state index contributed by atoms with van der Waals surface area (Å²) in [6, 6.07) is 5.94. The summed E-state index contributed by atoms with van der Waals surface area (Å²) >= 11 is 0. The second kappa shape index (κ2) is 9.94. The molecule has 0 unspecified atom stereocenters. The summed E-state index contributed by atoms with van der Waals surface area (Å²) < 4.78 is 5.17. The van der Waals surface area contributed by atoms with Gasteiger partial charge < -0.3 is 14.9 Å². The van der Waals surface area contributed by atoms with E-state index in [1.165, 1.54) is 0 Å². The number of aliphatic carboxylic acids is 1. The molecule has 0 bridgehead atoms. The topological polar surface area (TPSA) is 83.8 Å². The van der Waals surface area contributed by atoms with E-state index in [4.69, 9.17) is 9.84 Å². The van der Waals surface area contributed by atoms with E-state index in [1.807, 2.05) is 18.2 Å². The molecule has 0 radical (unpaired) electrons. The zero-order chi connectivity index (χ0) is 20.6. The lowest BCUT2D eigenvalue weighted by Crippen LogP contribution is -2.23. The predicted molar refractivity (Wildman–Crippen MR) is 108 cm³/mol. The van der Waals surface area contributed by atoms with Crippen molar-refractivity contribution < 1.29 is 24.5 Å². The summed E-state index contributed by atoms with van der Waals surface area (Å²) in [6.07, 6.45) is 9.87. The number of benzene rings is 1. The summed E-state index contributed by atoms with van der Waals surface area (Å²) in [7, 11) is 0. The smallest absolute Gasteiger partial charge is 0.309 e. The molecule has 1 aromatic rings. The van der Waals surface area contributed by atoms with E-state index >= 15 is 0 Å². The van der Waals surface area contributed by atoms with Crippen molar-refractivity contribution in [2.24, 2.45) is 5.41 Å². The van der Waals surface area contributed by atoms with Crippen LogP contribution in [0.1, 0.15) is 82.8 Å². The lowest BCUT2D eigenvalue weighted by atomic mass is 9.87. The second-order valence-corrected chi connectivity index (χ2v) is 8.78. The van der Waals surface area contributed by atoms with E-state index in [0.717, 1.165) is 75.3 Å². The van der Waals surface area contributed by atoms with Gasteiger partial charge in [0.15, 0.2) is 0 Å². The SMILES string of the molecule is CC(C)(CCCCCc1cccc(CCCCC2(OC=O)CC2)c1O)C(=O)O. The maximum Gasteiger partial charge on any atom is 0.309 e. The Morgan fingerprint density at radius 3 is 2.25 bits per heavy atom. The van der Waals surface area contributed by atoms with Crippen LogP contribution in [-0.2, 0) is 27.2 Å². The Hall–Kier alpha value is -2.04. The van der Waals surface area contributed by atoms with Crippen LogP contribution in [0.15, 0.2) is 18.2 Å². The first-order chi connectivity index (χ1) is 13.3. The van der Waals surface area contributed by atoms with Crippen molar-refractivity contribution in [1.29, 1.82) is 0 Å². The maximum atomic E-state index is 11.1. The number of aryl methyl sites for hydroxylation is 2. The summed E-state index contributed by atoms with van der Waals surface area (Å²) in [5, 5.41) is 19.7. The number of carboxylic acids is 1. The van der Waals surface area contributed by atoms with E-state index < -0.39 is 11.4 Å². The number of hydrogen-bond donors (Lipinski definition) is 2. The van der Waals surface area contributed by atoms with E-state index in [2.05, 4.69) is 0 Å². The fraction of sp³-hybridized carbons (Fsp3) is 0.652. The van der Waals surface area contributed by atoms with Crippen LogP contribution in [0, 0.1) is 5.41 Å². The number of ether oxygens (including phenoxy) is 1. The molecule has 1 saturated carbocycles. The molecule has 1 aliphatic rings. The van der Waals surface area contributed by atoms with Gasteiger partial charge in [-0.15, -0.1) is 0 Å². The van der Waals surface area contributed by atoms with Crippen LogP contribution in [0.5, 0.6) is 5.75 Å². The van der Waals surface area contributed by atoms with Crippen LogP contribution < -0.4 is 0 Å². The largest absolute Gasteiger partial charge is 0.507 e. The van der Waals surface area contributed by atoms with Crippen molar-refractivity contribution in [1.82, 2.24) is 0 Å². The first-order valence-corrected chi connectivity index (χ1v) is 10.4. The first-order valence-electron chi connectivity index (χ1n) is 10.4. The maximum absolute atomic E-state index is 11.1. The molecule has 1 aromatic carbocycles. The van der Waals surface area contributed by atoms with Gasteiger partial charge in [0.25, 0.3) is 6.47 Å². The van der Waals surface area contributed by atoms with Crippen molar-refractivity contribution in [2.75, 3.05) is 0 Å². The van der Waals surface area contributed by atoms with Gasteiger partial charge >= 0.3 is 5.97 Å². The Morgan fingerprint density at radius 1 is 1.11 bits per heavy atom. The van der Waals surface area contributed by atoms with Gasteiger partial charge in [-0.25, -0.2) is 0 Å². The average molecular weight is 391 g/mol. The minimum absolute atomic E-state index is 0.194. The molecule has 0 spiro atoms. The molecular formula is C23H34O5. The zero-order valence-electron chi connectivity index (χ0n) is 17.2. The number of rotatable bonds is 14. The van der Waals surface area contributed by atoms with Gasteiger partial charge in [-0.1, -0.05) is 31.0 Å². The number of carboxylic acid groups (broad SMARTS) is 1. The molecule has 1 aliphatic carbocycles. The number of carbonyl (C=O) groups is 2. The van der Waals surface area contributed by atoms with Gasteiger partial charge in [-0.2, -0.15) is 0 Å². The number of aromatic hydroxyl groups is 1. The van der Waals surface area contributed by atoms with Crippen molar-refractivity contribution in [2.45, 2.75) is 90.1 Å². The summed E-state index contributed by atoms with van der Waals surface area (Å²) in [5.41, 5.74) is 1.09. The highest BCUT2D eigenvalue weighted by Gasteiger charge is 2.44. The minimum atomic E-state index is -0.747. The van der Waals surface area contributed by atoms with Gasteiger partial charge in [-0.05, 0) is 82.8 Å². The van der Waals surface area contributed by atoms with Crippen LogP contribution in [0.2, 0.25) is 0 Å². The van der Waals surface area contributed by atoms with E-state index in [0.29, 0.717) is 18.6 Å². The summed E-state index contributed by atoms with van der Waals surface area (Å²) in [4.78, 5) is 21.7. The Kier molecular flexibility index (Phi) is 7.90. The molecule has 156 valence electrons. The Bertz CT molecular complexity index is 661. The molecule has 5 heteroatoms. The molecule has 5 nitrogen and oxygen atoms in total. The molecule has 0 amide bonds. The number of para-hydroxylation sites is 1. The van der Waals surface area contributed by atoms with Crippen molar-refractivity contribution >= 4 is 12.4 Å². The highest BCUT2D eigenvalue weighted by Crippen LogP contribution is 2.43. The van der Waals surface area contributed by atoms with Gasteiger partial charge in [0.2, 0.25) is 0 Å². The minimum Gasteiger partial charge on any atom is -0.507 e. The standard InChI is InChI=1S/C23H34O5/c1-22(2,21(26)27)13-6-3-4-9-18-11-8-12-19(20(18)25)10-5-7-14-23(15-16-23)28-17-24/h8,11-12,17,25H,3-7,9-10,13-16H2,1-2H3,(H,26,27). The van der Waals surface area contributed by atoms with Crippen molar-refractivity contribution in [3.63, 3.8) is 0 Å². The summed E-state index contributed by atoms with van der Waals surface area (Å²) in [6.45, 7) is 4.09. The molecule has 0 atom stereocenters. The van der Waals surface area contributed by atoms with Crippen LogP contribution in [0.3, 0.4) is 0 Å². The monoisotopic (exact) mass is 390 g/mol. The third-order valence-electron chi connectivity index (χ3n) is 5.96. The molecule has 0 aromatic heterocycles. The molecule has 2 N–H and O–H groups in total. The predicted octanol–water partition coefficient (Wildman–Crippen LogP) is 5.02. The second-order valence-electron chi connectivity index (χ2n) is 8.78. The summed E-state index contributed by atoms with van der Waals surface area (Å²) in [5.74, 6) is -0.346. The van der Waals surface area contributed by atoms with Gasteiger partial charge in [-0.3, -0.25) is 9.59 Å². The highest BCUT2D eigenvalue weighted by molar-refractivity contribution is 5.73. The Morgan fingerprint density at radius 2 is 1.71 bits per heavy atom. The molecule has 0 heterocycles. The first kappa shape index (κ1) is 22.3. The Balaban J connectivity index is 1.71. The number of phenolic OH excluding ortho intramolecular Hbond substituents is 1. The number of unbranched alkanes of at least 4 members (excludes halogenated alkanes) is 3. The number of carbonyl (C=O) groups excluding carboxylic acids is 1. The Labute approximate surface area is 168 Å². The molecular weight excluding hydrogens is 356 g/mol. The van der Waals surface area contributed by atoms with Gasteiger partial charge in [0.05, 0.1) is 5.41 Å². The molecule has 2 rings (SSSR count). The van der Waals surface area contributed by atoms with Crippen LogP contribution in [-0.4, -0.2) is 28.3 Å². The molecule has 1 fully saturated rings. The average Bonchev–Trinajstić information content (AvgIpc) is 3.40. The normalized spacial score (nSPS) is 15.2.